The Morgan fingerprint density at radius 2 is 1.43 bits per heavy atom. The molecule has 14 heavy (non-hydrogen) atoms. The van der Waals surface area contributed by atoms with Crippen LogP contribution in [0.3, 0.4) is 0 Å². The lowest BCUT2D eigenvalue weighted by Crippen LogP contribution is -2.36. The van der Waals surface area contributed by atoms with Gasteiger partial charge in [0.05, 0.1) is 0 Å². The van der Waals surface area contributed by atoms with E-state index >= 15 is 0 Å². The van der Waals surface area contributed by atoms with E-state index in [0.717, 1.165) is 19.1 Å². The fourth-order valence-corrected chi connectivity index (χ4v) is 3.18. The smallest absolute Gasteiger partial charge is 0.334 e. The molecular formula is C9H24O3Si2. The molecule has 0 saturated carbocycles. The summed E-state index contributed by atoms with van der Waals surface area (Å²) in [6.45, 7) is 9.54. The molecule has 0 aliphatic heterocycles. The molecule has 0 N–H and O–H groups in total. The molecule has 0 aromatic carbocycles. The predicted molar refractivity (Wildman–Crippen MR) is 64.4 cm³/mol. The molecule has 0 aliphatic carbocycles. The van der Waals surface area contributed by atoms with E-state index in [0.29, 0.717) is 0 Å². The summed E-state index contributed by atoms with van der Waals surface area (Å²) in [7, 11) is 0.264. The molecule has 3 nitrogen and oxygen atoms in total. The molecule has 0 spiro atoms. The van der Waals surface area contributed by atoms with E-state index in [9.17, 15) is 0 Å². The van der Waals surface area contributed by atoms with Gasteiger partial charge >= 0.3 is 8.56 Å². The van der Waals surface area contributed by atoms with Gasteiger partial charge in [-0.1, -0.05) is 0 Å². The minimum atomic E-state index is -1.86. The van der Waals surface area contributed by atoms with Crippen LogP contribution in [0.2, 0.25) is 32.2 Å². The Bertz CT molecular complexity index is 153. The minimum Gasteiger partial charge on any atom is -0.418 e. The van der Waals surface area contributed by atoms with Gasteiger partial charge in [0.1, 0.15) is 0 Å². The monoisotopic (exact) mass is 236 g/mol. The van der Waals surface area contributed by atoms with Crippen molar-refractivity contribution in [1.29, 1.82) is 0 Å². The molecule has 5 heteroatoms. The highest BCUT2D eigenvalue weighted by molar-refractivity contribution is 6.69. The highest BCUT2D eigenvalue weighted by Gasteiger charge is 2.28. The van der Waals surface area contributed by atoms with Crippen LogP contribution in [-0.4, -0.2) is 37.7 Å². The van der Waals surface area contributed by atoms with Gasteiger partial charge in [0.15, 0.2) is 8.32 Å². The summed E-state index contributed by atoms with van der Waals surface area (Å²) in [5, 5.41) is 0. The fourth-order valence-electron chi connectivity index (χ4n) is 1.06. The maximum Gasteiger partial charge on any atom is 0.334 e. The van der Waals surface area contributed by atoms with Crippen molar-refractivity contribution < 1.29 is 13.3 Å². The zero-order chi connectivity index (χ0) is 11.2. The van der Waals surface area contributed by atoms with E-state index in [1.807, 2.05) is 0 Å². The van der Waals surface area contributed by atoms with Gasteiger partial charge in [-0.15, -0.1) is 0 Å². The first-order valence-corrected chi connectivity index (χ1v) is 11.0. The standard InChI is InChI=1S/C9H24O3Si2/c1-10-14(6,11-2)9-7-8-12-13(3,4)5/h7-9H2,1-6H3. The van der Waals surface area contributed by atoms with Crippen LogP contribution in [-0.2, 0) is 13.3 Å². The van der Waals surface area contributed by atoms with Crippen molar-refractivity contribution in [2.24, 2.45) is 0 Å². The van der Waals surface area contributed by atoms with Gasteiger partial charge in [-0.2, -0.15) is 0 Å². The average molecular weight is 236 g/mol. The van der Waals surface area contributed by atoms with Gasteiger partial charge in [0, 0.05) is 20.8 Å². The lowest BCUT2D eigenvalue weighted by Gasteiger charge is -2.23. The normalized spacial score (nSPS) is 13.3. The lowest BCUT2D eigenvalue weighted by atomic mass is 10.5. The molecule has 0 aromatic rings. The molecule has 0 atom stereocenters. The van der Waals surface area contributed by atoms with E-state index in [4.69, 9.17) is 13.3 Å². The first-order chi connectivity index (χ1) is 6.33. The number of rotatable bonds is 7. The molecule has 0 amide bonds. The van der Waals surface area contributed by atoms with E-state index in [1.165, 1.54) is 0 Å². The van der Waals surface area contributed by atoms with Crippen molar-refractivity contribution in [3.05, 3.63) is 0 Å². The van der Waals surface area contributed by atoms with Crippen LogP contribution < -0.4 is 0 Å². The van der Waals surface area contributed by atoms with Gasteiger partial charge in [0.2, 0.25) is 0 Å². The van der Waals surface area contributed by atoms with Crippen LogP contribution >= 0.6 is 0 Å². The summed E-state index contributed by atoms with van der Waals surface area (Å²) in [6.07, 6.45) is 1.04. The van der Waals surface area contributed by atoms with Gasteiger partial charge in [-0.3, -0.25) is 0 Å². The zero-order valence-corrected chi connectivity index (χ0v) is 12.3. The fraction of sp³-hybridized carbons (Fsp3) is 1.00. The van der Waals surface area contributed by atoms with E-state index in [-0.39, 0.29) is 0 Å². The molecule has 0 aliphatic rings. The quantitative estimate of drug-likeness (QED) is 0.502. The second-order valence-electron chi connectivity index (χ2n) is 4.61. The molecule has 86 valence electrons. The maximum absolute atomic E-state index is 5.76. The third-order valence-corrected chi connectivity index (χ3v) is 6.23. The van der Waals surface area contributed by atoms with Gasteiger partial charge in [-0.25, -0.2) is 0 Å². The van der Waals surface area contributed by atoms with Crippen molar-refractivity contribution in [2.75, 3.05) is 20.8 Å². The topological polar surface area (TPSA) is 27.7 Å². The van der Waals surface area contributed by atoms with E-state index < -0.39 is 16.9 Å². The summed E-state index contributed by atoms with van der Waals surface area (Å²) < 4.78 is 16.5. The molecular weight excluding hydrogens is 212 g/mol. The van der Waals surface area contributed by atoms with Crippen molar-refractivity contribution >= 4 is 16.9 Å². The number of hydrogen-bond acceptors (Lipinski definition) is 3. The Hall–Kier alpha value is 0.314. The highest BCUT2D eigenvalue weighted by Crippen LogP contribution is 2.14. The Labute approximate surface area is 90.1 Å². The van der Waals surface area contributed by atoms with Crippen LogP contribution in [0, 0.1) is 0 Å². The van der Waals surface area contributed by atoms with Crippen LogP contribution in [0.15, 0.2) is 0 Å². The summed E-state index contributed by atoms with van der Waals surface area (Å²) in [5.74, 6) is 0. The minimum absolute atomic E-state index is 0.838. The second-order valence-corrected chi connectivity index (χ2v) is 12.7. The average Bonchev–Trinajstić information content (AvgIpc) is 2.11. The third kappa shape index (κ3) is 6.72. The summed E-state index contributed by atoms with van der Waals surface area (Å²) in [4.78, 5) is 0. The third-order valence-electron chi connectivity index (χ3n) is 2.17. The van der Waals surface area contributed by atoms with E-state index in [1.54, 1.807) is 14.2 Å². The summed E-state index contributed by atoms with van der Waals surface area (Å²) >= 11 is 0. The number of hydrogen-bond donors (Lipinski definition) is 0. The SMILES string of the molecule is CO[Si](C)(CCCO[Si](C)(C)C)OC. The molecule has 0 saturated heterocycles. The molecule has 0 fully saturated rings. The van der Waals surface area contributed by atoms with Gasteiger partial charge in [0.25, 0.3) is 0 Å². The van der Waals surface area contributed by atoms with Crippen LogP contribution in [0.25, 0.3) is 0 Å². The van der Waals surface area contributed by atoms with Crippen molar-refractivity contribution in [3.8, 4) is 0 Å². The maximum atomic E-state index is 5.76. The Morgan fingerprint density at radius 3 is 1.79 bits per heavy atom. The van der Waals surface area contributed by atoms with Gasteiger partial charge < -0.3 is 13.3 Å². The largest absolute Gasteiger partial charge is 0.418 e. The Kier molecular flexibility index (Phi) is 6.15. The van der Waals surface area contributed by atoms with Crippen LogP contribution in [0.4, 0.5) is 0 Å². The Morgan fingerprint density at radius 1 is 0.929 bits per heavy atom. The zero-order valence-electron chi connectivity index (χ0n) is 10.3. The predicted octanol–water partition coefficient (Wildman–Crippen LogP) is 2.59. The highest BCUT2D eigenvalue weighted by atomic mass is 28.4. The molecule has 0 radical (unpaired) electrons. The molecule has 0 unspecified atom stereocenters. The van der Waals surface area contributed by atoms with Crippen LogP contribution in [0.1, 0.15) is 6.42 Å². The van der Waals surface area contributed by atoms with Crippen LogP contribution in [0.5, 0.6) is 0 Å². The second kappa shape index (κ2) is 6.02. The first kappa shape index (κ1) is 14.3. The lowest BCUT2D eigenvalue weighted by molar-refractivity contribution is 0.240. The molecule has 0 rings (SSSR count). The summed E-state index contributed by atoms with van der Waals surface area (Å²) in [5.41, 5.74) is 0. The van der Waals surface area contributed by atoms with Crippen molar-refractivity contribution in [3.63, 3.8) is 0 Å². The van der Waals surface area contributed by atoms with E-state index in [2.05, 4.69) is 26.2 Å². The van der Waals surface area contributed by atoms with Crippen molar-refractivity contribution in [2.45, 2.75) is 38.7 Å². The van der Waals surface area contributed by atoms with Crippen molar-refractivity contribution in [1.82, 2.24) is 0 Å². The molecule has 0 bridgehead atoms. The van der Waals surface area contributed by atoms with Gasteiger partial charge in [-0.05, 0) is 38.7 Å². The Balaban J connectivity index is 3.63. The summed E-state index contributed by atoms with van der Waals surface area (Å²) in [6, 6.07) is 1.00. The molecule has 0 heterocycles. The molecule has 0 aromatic heterocycles. The first-order valence-electron chi connectivity index (χ1n) is 5.07.